The van der Waals surface area contributed by atoms with E-state index in [1.807, 2.05) is 0 Å². The zero-order valence-electron chi connectivity index (χ0n) is 13.1. The quantitative estimate of drug-likeness (QED) is 0.894. The molecule has 3 N–H and O–H groups in total. The molecule has 2 saturated carbocycles. The third-order valence-corrected chi connectivity index (χ3v) is 5.07. The number of aryl methyl sites for hydroxylation is 1. The van der Waals surface area contributed by atoms with Crippen LogP contribution in [0.3, 0.4) is 0 Å². The Morgan fingerprint density at radius 1 is 1.00 bits per heavy atom. The molecule has 3 heteroatoms. The van der Waals surface area contributed by atoms with Crippen LogP contribution in [0.1, 0.15) is 50.5 Å². The molecule has 3 nitrogen and oxygen atoms in total. The molecule has 0 saturated heterocycles. The standard InChI is InChI=1S/C18H28N2O/c1-13-7-2-4-11-17(13)21-18-12-5-3-9-16(18)20-15-10-6-8-14(15)19/h2,4,7,11,14-16,18,20H,3,5-6,8-10,12,19H2,1H3/t14-,15+,16-,18+/m0/s1. The van der Waals surface area contributed by atoms with E-state index >= 15 is 0 Å². The maximum atomic E-state index is 6.34. The molecular formula is C18H28N2O. The summed E-state index contributed by atoms with van der Waals surface area (Å²) >= 11 is 0. The third-order valence-electron chi connectivity index (χ3n) is 5.07. The molecule has 3 rings (SSSR count). The summed E-state index contributed by atoms with van der Waals surface area (Å²) < 4.78 is 6.34. The molecule has 0 aliphatic heterocycles. The normalized spacial score (nSPS) is 33.0. The number of benzene rings is 1. The van der Waals surface area contributed by atoms with Crippen molar-refractivity contribution in [2.75, 3.05) is 0 Å². The predicted octanol–water partition coefficient (Wildman–Crippen LogP) is 3.15. The molecule has 0 radical (unpaired) electrons. The molecule has 0 bridgehead atoms. The SMILES string of the molecule is Cc1ccccc1O[C@@H]1CCCC[C@@H]1N[C@@H]1CCC[C@@H]1N. The fraction of sp³-hybridized carbons (Fsp3) is 0.667. The first-order valence-electron chi connectivity index (χ1n) is 8.48. The van der Waals surface area contributed by atoms with Crippen LogP contribution in [0.25, 0.3) is 0 Å². The van der Waals surface area contributed by atoms with E-state index in [1.165, 1.54) is 37.7 Å². The van der Waals surface area contributed by atoms with Gasteiger partial charge in [0, 0.05) is 18.1 Å². The van der Waals surface area contributed by atoms with Crippen molar-refractivity contribution in [3.05, 3.63) is 29.8 Å². The summed E-state index contributed by atoms with van der Waals surface area (Å²) in [5.74, 6) is 1.03. The average Bonchev–Trinajstić information content (AvgIpc) is 2.89. The number of hydrogen-bond acceptors (Lipinski definition) is 3. The molecule has 2 fully saturated rings. The van der Waals surface area contributed by atoms with Crippen LogP contribution in [-0.4, -0.2) is 24.2 Å². The highest BCUT2D eigenvalue weighted by atomic mass is 16.5. The molecule has 0 amide bonds. The molecule has 21 heavy (non-hydrogen) atoms. The second-order valence-corrected chi connectivity index (χ2v) is 6.68. The molecular weight excluding hydrogens is 260 g/mol. The maximum absolute atomic E-state index is 6.34. The number of para-hydroxylation sites is 1. The summed E-state index contributed by atoms with van der Waals surface area (Å²) in [7, 11) is 0. The zero-order chi connectivity index (χ0) is 14.7. The van der Waals surface area contributed by atoms with E-state index in [1.54, 1.807) is 0 Å². The molecule has 4 atom stereocenters. The maximum Gasteiger partial charge on any atom is 0.122 e. The fourth-order valence-corrected chi connectivity index (χ4v) is 3.75. The van der Waals surface area contributed by atoms with Crippen molar-refractivity contribution in [2.45, 2.75) is 76.1 Å². The van der Waals surface area contributed by atoms with Crippen molar-refractivity contribution >= 4 is 0 Å². The largest absolute Gasteiger partial charge is 0.489 e. The minimum atomic E-state index is 0.285. The Morgan fingerprint density at radius 3 is 2.52 bits per heavy atom. The highest BCUT2D eigenvalue weighted by Gasteiger charge is 2.32. The lowest BCUT2D eigenvalue weighted by Crippen LogP contribution is -2.53. The van der Waals surface area contributed by atoms with Crippen molar-refractivity contribution in [3.63, 3.8) is 0 Å². The minimum Gasteiger partial charge on any atom is -0.489 e. The Hall–Kier alpha value is -1.06. The fourth-order valence-electron chi connectivity index (χ4n) is 3.75. The van der Waals surface area contributed by atoms with Gasteiger partial charge >= 0.3 is 0 Å². The van der Waals surface area contributed by atoms with Crippen molar-refractivity contribution < 1.29 is 4.74 Å². The van der Waals surface area contributed by atoms with Gasteiger partial charge in [-0.25, -0.2) is 0 Å². The first kappa shape index (κ1) is 14.9. The molecule has 0 heterocycles. The first-order chi connectivity index (χ1) is 10.2. The lowest BCUT2D eigenvalue weighted by molar-refractivity contribution is 0.105. The summed E-state index contributed by atoms with van der Waals surface area (Å²) in [6.45, 7) is 2.12. The van der Waals surface area contributed by atoms with E-state index in [9.17, 15) is 0 Å². The highest BCUT2D eigenvalue weighted by molar-refractivity contribution is 5.32. The van der Waals surface area contributed by atoms with Gasteiger partial charge in [0.25, 0.3) is 0 Å². The average molecular weight is 288 g/mol. The molecule has 1 aromatic rings. The van der Waals surface area contributed by atoms with E-state index in [0.29, 0.717) is 18.1 Å². The van der Waals surface area contributed by atoms with Gasteiger partial charge in [0.15, 0.2) is 0 Å². The topological polar surface area (TPSA) is 47.3 Å². The van der Waals surface area contributed by atoms with E-state index in [2.05, 4.69) is 36.5 Å². The number of hydrogen-bond donors (Lipinski definition) is 2. The van der Waals surface area contributed by atoms with E-state index in [-0.39, 0.29) is 6.10 Å². The van der Waals surface area contributed by atoms with Gasteiger partial charge in [0.05, 0.1) is 0 Å². The number of ether oxygens (including phenoxy) is 1. The Kier molecular flexibility index (Phi) is 4.81. The monoisotopic (exact) mass is 288 g/mol. The summed E-state index contributed by atoms with van der Waals surface area (Å²) in [6, 6.07) is 9.58. The Labute approximate surface area is 128 Å². The van der Waals surface area contributed by atoms with Crippen LogP contribution < -0.4 is 15.8 Å². The number of nitrogens with two attached hydrogens (primary N) is 1. The summed E-state index contributed by atoms with van der Waals surface area (Å²) in [5, 5.41) is 3.81. The lowest BCUT2D eigenvalue weighted by atomic mass is 9.91. The molecule has 2 aliphatic carbocycles. The predicted molar refractivity (Wildman–Crippen MR) is 86.6 cm³/mol. The number of rotatable bonds is 4. The van der Waals surface area contributed by atoms with Crippen LogP contribution in [0, 0.1) is 6.92 Å². The van der Waals surface area contributed by atoms with Gasteiger partial charge < -0.3 is 15.8 Å². The van der Waals surface area contributed by atoms with Crippen LogP contribution >= 0.6 is 0 Å². The smallest absolute Gasteiger partial charge is 0.122 e. The molecule has 1 aromatic carbocycles. The van der Waals surface area contributed by atoms with Crippen LogP contribution in [0.2, 0.25) is 0 Å². The van der Waals surface area contributed by atoms with Crippen LogP contribution in [-0.2, 0) is 0 Å². The Morgan fingerprint density at radius 2 is 1.76 bits per heavy atom. The molecule has 0 unspecified atom stereocenters. The minimum absolute atomic E-state index is 0.285. The summed E-state index contributed by atoms with van der Waals surface area (Å²) in [6.07, 6.45) is 8.84. The Balaban J connectivity index is 1.65. The summed E-state index contributed by atoms with van der Waals surface area (Å²) in [5.41, 5.74) is 7.44. The van der Waals surface area contributed by atoms with Crippen LogP contribution in [0.5, 0.6) is 5.75 Å². The van der Waals surface area contributed by atoms with E-state index in [4.69, 9.17) is 10.5 Å². The van der Waals surface area contributed by atoms with Gasteiger partial charge in [-0.15, -0.1) is 0 Å². The van der Waals surface area contributed by atoms with Crippen molar-refractivity contribution in [3.8, 4) is 5.75 Å². The lowest BCUT2D eigenvalue weighted by Gasteiger charge is -2.35. The van der Waals surface area contributed by atoms with Gasteiger partial charge in [-0.3, -0.25) is 0 Å². The zero-order valence-corrected chi connectivity index (χ0v) is 13.1. The van der Waals surface area contributed by atoms with Gasteiger partial charge in [-0.2, -0.15) is 0 Å². The van der Waals surface area contributed by atoms with E-state index < -0.39 is 0 Å². The van der Waals surface area contributed by atoms with Crippen molar-refractivity contribution in [2.24, 2.45) is 5.73 Å². The van der Waals surface area contributed by atoms with Gasteiger partial charge in [-0.05, 0) is 50.7 Å². The van der Waals surface area contributed by atoms with Gasteiger partial charge in [-0.1, -0.05) is 31.0 Å². The highest BCUT2D eigenvalue weighted by Crippen LogP contribution is 2.28. The second kappa shape index (κ2) is 6.80. The molecule has 0 spiro atoms. The van der Waals surface area contributed by atoms with E-state index in [0.717, 1.165) is 18.6 Å². The van der Waals surface area contributed by atoms with Crippen molar-refractivity contribution in [1.29, 1.82) is 0 Å². The molecule has 0 aromatic heterocycles. The van der Waals surface area contributed by atoms with Gasteiger partial charge in [0.2, 0.25) is 0 Å². The number of nitrogens with one attached hydrogen (secondary N) is 1. The van der Waals surface area contributed by atoms with Crippen LogP contribution in [0.15, 0.2) is 24.3 Å². The first-order valence-corrected chi connectivity index (χ1v) is 8.48. The summed E-state index contributed by atoms with van der Waals surface area (Å²) in [4.78, 5) is 0. The third kappa shape index (κ3) is 3.58. The second-order valence-electron chi connectivity index (χ2n) is 6.68. The van der Waals surface area contributed by atoms with Crippen molar-refractivity contribution in [1.82, 2.24) is 5.32 Å². The van der Waals surface area contributed by atoms with Crippen LogP contribution in [0.4, 0.5) is 0 Å². The molecule has 116 valence electrons. The molecule has 2 aliphatic rings. The van der Waals surface area contributed by atoms with Gasteiger partial charge in [0.1, 0.15) is 11.9 Å². The Bertz CT molecular complexity index is 462.